The molecular weight excluding hydrogens is 453 g/mol. The molecule has 34 heavy (non-hydrogen) atoms. The molecule has 4 unspecified atom stereocenters. The Morgan fingerprint density at radius 1 is 1.24 bits per heavy atom. The summed E-state index contributed by atoms with van der Waals surface area (Å²) in [6, 6.07) is 8.31. The standard InChI is InChI=1S/C14H17NO2.C5H11N.C5H13N.C2H6.CH2O.K/c1-11(2)3-4-12-5-7-13(8-6-12)14(9-16)15-10-17;1-5-3-2-4-6-5;1-4(2)5(3)6;2*1-2;/h3,5-8,10-11,14,16H,1,9H2,2H3,(H,15,17);5-6H,2-4H2,1H3;4-5H,6H2,1-3H3;1-2H3;1H2;/q-2;;;;;+1. The summed E-state index contributed by atoms with van der Waals surface area (Å²) in [4.78, 5) is 18.3. The van der Waals surface area contributed by atoms with Crippen LogP contribution in [0.4, 0.5) is 0 Å². The molecule has 1 aliphatic rings. The van der Waals surface area contributed by atoms with E-state index in [-0.39, 0.29) is 70.0 Å². The zero-order valence-corrected chi connectivity index (χ0v) is 26.1. The van der Waals surface area contributed by atoms with Crippen LogP contribution in [0.2, 0.25) is 0 Å². The molecule has 5 N–H and O–H groups in total. The van der Waals surface area contributed by atoms with E-state index in [1.54, 1.807) is 0 Å². The molecule has 4 atom stereocenters. The topological polar surface area (TPSA) is 104 Å². The van der Waals surface area contributed by atoms with E-state index in [9.17, 15) is 4.79 Å². The van der Waals surface area contributed by atoms with Crippen molar-refractivity contribution in [3.8, 4) is 0 Å². The number of carbonyl (C=O) groups excluding carboxylic acids is 2. The van der Waals surface area contributed by atoms with Gasteiger partial charge in [-0.05, 0) is 44.7 Å². The van der Waals surface area contributed by atoms with E-state index in [0.29, 0.717) is 18.4 Å². The molecule has 2 rings (SSSR count). The van der Waals surface area contributed by atoms with Crippen LogP contribution in [-0.2, 0) is 9.59 Å². The Morgan fingerprint density at radius 2 is 1.74 bits per heavy atom. The normalized spacial score (nSPS) is 16.4. The van der Waals surface area contributed by atoms with Crippen LogP contribution in [0, 0.1) is 24.8 Å². The minimum absolute atomic E-state index is 0. The van der Waals surface area contributed by atoms with Gasteiger partial charge in [-0.15, -0.1) is 12.1 Å². The number of hydrogen-bond donors (Lipinski definition) is 4. The molecular formula is C27H49KN3O3-. The molecule has 1 aromatic carbocycles. The molecule has 0 radical (unpaired) electrons. The molecule has 1 fully saturated rings. The Morgan fingerprint density at radius 3 is 2.00 bits per heavy atom. The van der Waals surface area contributed by atoms with Gasteiger partial charge in [0.1, 0.15) is 6.79 Å². The minimum Gasteiger partial charge on any atom is -0.394 e. The first-order valence-corrected chi connectivity index (χ1v) is 11.8. The van der Waals surface area contributed by atoms with Crippen molar-refractivity contribution >= 4 is 13.2 Å². The first-order chi connectivity index (χ1) is 15.7. The predicted octanol–water partition coefficient (Wildman–Crippen LogP) is 1.24. The molecule has 0 bridgehead atoms. The maximum atomic E-state index is 10.3. The van der Waals surface area contributed by atoms with Crippen LogP contribution in [0.15, 0.2) is 30.3 Å². The third-order valence-corrected chi connectivity index (χ3v) is 4.66. The molecule has 0 saturated carbocycles. The second-order valence-corrected chi connectivity index (χ2v) is 8.03. The molecule has 0 aromatic heterocycles. The third kappa shape index (κ3) is 24.7. The van der Waals surface area contributed by atoms with Gasteiger partial charge >= 0.3 is 51.4 Å². The van der Waals surface area contributed by atoms with Gasteiger partial charge in [0.15, 0.2) is 0 Å². The summed E-state index contributed by atoms with van der Waals surface area (Å²) in [7, 11) is 0. The van der Waals surface area contributed by atoms with Crippen LogP contribution >= 0.6 is 0 Å². The van der Waals surface area contributed by atoms with Gasteiger partial charge in [0.25, 0.3) is 0 Å². The summed E-state index contributed by atoms with van der Waals surface area (Å²) < 4.78 is 0. The summed E-state index contributed by atoms with van der Waals surface area (Å²) in [5, 5.41) is 15.0. The van der Waals surface area contributed by atoms with Gasteiger partial charge < -0.3 is 33.2 Å². The van der Waals surface area contributed by atoms with E-state index in [0.717, 1.165) is 17.2 Å². The average Bonchev–Trinajstić information content (AvgIpc) is 3.31. The van der Waals surface area contributed by atoms with E-state index in [1.165, 1.54) is 19.4 Å². The second kappa shape index (κ2) is 28.9. The summed E-state index contributed by atoms with van der Waals surface area (Å²) in [5.41, 5.74) is 7.25. The van der Waals surface area contributed by atoms with Crippen LogP contribution in [-0.4, -0.2) is 43.5 Å². The average molecular weight is 503 g/mol. The molecule has 1 aliphatic heterocycles. The van der Waals surface area contributed by atoms with Gasteiger partial charge in [-0.2, -0.15) is 35.8 Å². The quantitative estimate of drug-likeness (QED) is 0.255. The zero-order chi connectivity index (χ0) is 26.2. The van der Waals surface area contributed by atoms with E-state index in [1.807, 2.05) is 64.8 Å². The third-order valence-electron chi connectivity index (χ3n) is 4.66. The van der Waals surface area contributed by atoms with Gasteiger partial charge in [0.05, 0.1) is 12.6 Å². The maximum Gasteiger partial charge on any atom is 1.00 e. The van der Waals surface area contributed by atoms with Crippen molar-refractivity contribution in [3.63, 3.8) is 0 Å². The van der Waals surface area contributed by atoms with Crippen LogP contribution in [0.25, 0.3) is 0 Å². The summed E-state index contributed by atoms with van der Waals surface area (Å²) in [6.45, 7) is 21.4. The zero-order valence-electron chi connectivity index (χ0n) is 22.9. The molecule has 1 saturated heterocycles. The van der Waals surface area contributed by atoms with Gasteiger partial charge in [0, 0.05) is 12.1 Å². The molecule has 6 nitrogen and oxygen atoms in total. The van der Waals surface area contributed by atoms with Crippen molar-refractivity contribution in [1.29, 1.82) is 0 Å². The maximum absolute atomic E-state index is 10.3. The van der Waals surface area contributed by atoms with E-state index in [2.05, 4.69) is 44.4 Å². The minimum atomic E-state index is -0.350. The van der Waals surface area contributed by atoms with Crippen LogP contribution in [0.1, 0.15) is 78.5 Å². The number of amides is 1. The number of nitrogens with two attached hydrogens (primary N) is 1. The molecule has 192 valence electrons. The fourth-order valence-corrected chi connectivity index (χ4v) is 2.25. The van der Waals surface area contributed by atoms with Crippen molar-refractivity contribution in [2.45, 2.75) is 79.4 Å². The van der Waals surface area contributed by atoms with Gasteiger partial charge in [-0.3, -0.25) is 4.79 Å². The van der Waals surface area contributed by atoms with Crippen molar-refractivity contribution in [2.75, 3.05) is 13.2 Å². The molecule has 1 heterocycles. The van der Waals surface area contributed by atoms with Crippen molar-refractivity contribution in [3.05, 3.63) is 54.5 Å². The fourth-order valence-electron chi connectivity index (χ4n) is 2.25. The molecule has 0 aliphatic carbocycles. The number of benzene rings is 1. The van der Waals surface area contributed by atoms with Crippen LogP contribution in [0.5, 0.6) is 0 Å². The Kier molecular flexibility index (Phi) is 34.6. The number of aliphatic hydroxyl groups excluding tert-OH is 1. The largest absolute Gasteiger partial charge is 1.00 e. The van der Waals surface area contributed by atoms with Crippen molar-refractivity contribution in [2.24, 2.45) is 17.6 Å². The fraction of sp³-hybridized carbons (Fsp3) is 0.593. The first-order valence-electron chi connectivity index (χ1n) is 11.8. The summed E-state index contributed by atoms with van der Waals surface area (Å²) >= 11 is 0. The Labute approximate surface area is 252 Å². The van der Waals surface area contributed by atoms with E-state index < -0.39 is 0 Å². The number of allylic oxidation sites excluding steroid dienone is 1. The number of aliphatic hydroxyl groups is 1. The van der Waals surface area contributed by atoms with Gasteiger partial charge in [0.2, 0.25) is 6.41 Å². The summed E-state index contributed by atoms with van der Waals surface area (Å²) in [5.74, 6) is 0.849. The van der Waals surface area contributed by atoms with Crippen LogP contribution < -0.4 is 67.8 Å². The van der Waals surface area contributed by atoms with Gasteiger partial charge in [-0.25, -0.2) is 0 Å². The Balaban J connectivity index is -0.000000218. The smallest absolute Gasteiger partial charge is 0.394 e. The first kappa shape index (κ1) is 40.8. The molecule has 1 amide bonds. The molecule has 0 spiro atoms. The Bertz CT molecular complexity index is 567. The summed E-state index contributed by atoms with van der Waals surface area (Å²) in [6.07, 6.45) is 8.35. The monoisotopic (exact) mass is 502 g/mol. The number of carbonyl (C=O) groups is 2. The van der Waals surface area contributed by atoms with Crippen molar-refractivity contribution < 1.29 is 66.1 Å². The Hall–Kier alpha value is -0.384. The molecule has 1 aromatic rings. The SMILES string of the molecule is C=O.CC.CC(C)C(C)N.CC1CCCN1.[CH2-]C(C)C=[C-]c1ccc(C(CO)NC=O)cc1.[K+]. The second-order valence-electron chi connectivity index (χ2n) is 8.03. The number of hydrogen-bond acceptors (Lipinski definition) is 5. The van der Waals surface area contributed by atoms with E-state index >= 15 is 0 Å². The molecule has 7 heteroatoms. The van der Waals surface area contributed by atoms with Gasteiger partial charge in [-0.1, -0.05) is 34.6 Å². The van der Waals surface area contributed by atoms with E-state index in [4.69, 9.17) is 15.6 Å². The van der Waals surface area contributed by atoms with Crippen molar-refractivity contribution in [1.82, 2.24) is 10.6 Å². The number of nitrogens with one attached hydrogen (secondary N) is 2. The van der Waals surface area contributed by atoms with Crippen LogP contribution in [0.3, 0.4) is 0 Å². The number of rotatable bonds is 7. The predicted molar refractivity (Wildman–Crippen MR) is 141 cm³/mol.